The summed E-state index contributed by atoms with van der Waals surface area (Å²) in [6, 6.07) is 115. The van der Waals surface area contributed by atoms with Crippen molar-refractivity contribution in [1.29, 1.82) is 0 Å². The third-order valence-corrected chi connectivity index (χ3v) is 21.7. The Morgan fingerprint density at radius 2 is 0.670 bits per heavy atom. The Labute approximate surface area is 594 Å². The highest BCUT2D eigenvalue weighted by atomic mass is 32.1. The number of hydrogen-bond donors (Lipinski definition) is 0. The van der Waals surface area contributed by atoms with Gasteiger partial charge in [-0.05, 0) is 153 Å². The Bertz CT molecular complexity index is 7090. The van der Waals surface area contributed by atoms with Crippen molar-refractivity contribution in [2.45, 2.75) is 0 Å². The second-order valence-electron chi connectivity index (χ2n) is 26.4. The van der Waals surface area contributed by atoms with Crippen LogP contribution in [0.15, 0.2) is 336 Å². The van der Waals surface area contributed by atoms with Gasteiger partial charge in [0.1, 0.15) is 22.3 Å². The molecule has 15 aromatic carbocycles. The van der Waals surface area contributed by atoms with Gasteiger partial charge in [0.2, 0.25) is 5.69 Å². The molecule has 0 aliphatic rings. The number of nitrogens with zero attached hydrogens (tertiary/aromatic N) is 6. The largest absolute Gasteiger partial charge is 0.455 e. The molecule has 478 valence electrons. The summed E-state index contributed by atoms with van der Waals surface area (Å²) in [4.78, 5) is 21.4. The van der Waals surface area contributed by atoms with Crippen LogP contribution in [0.4, 0.5) is 5.69 Å². The number of fused-ring (bicyclic) bond motifs is 17. The molecule has 0 radical (unpaired) electrons. The summed E-state index contributed by atoms with van der Waals surface area (Å²) in [5, 5.41) is 10.1. The van der Waals surface area contributed by atoms with Crippen LogP contribution in [0.3, 0.4) is 0 Å². The minimum atomic E-state index is 0.372. The third-order valence-electron chi connectivity index (χ3n) is 20.6. The Morgan fingerprint density at radius 3 is 1.17 bits per heavy atom. The van der Waals surface area contributed by atoms with E-state index >= 15 is 0 Å². The van der Waals surface area contributed by atoms with E-state index in [4.69, 9.17) is 28.6 Å². The molecule has 103 heavy (non-hydrogen) atoms. The molecular weight excluding hydrogens is 1280 g/mol. The molecule has 0 unspecified atom stereocenters. The van der Waals surface area contributed by atoms with E-state index < -0.39 is 0 Å². The van der Waals surface area contributed by atoms with Gasteiger partial charge in [-0.2, -0.15) is 0 Å². The summed E-state index contributed by atoms with van der Waals surface area (Å²) < 4.78 is 21.7. The highest BCUT2D eigenvalue weighted by Gasteiger charge is 2.32. The van der Waals surface area contributed by atoms with E-state index in [1.807, 2.05) is 36.4 Å². The Kier molecular flexibility index (Phi) is 13.1. The van der Waals surface area contributed by atoms with Crippen LogP contribution in [0.5, 0.6) is 0 Å². The van der Waals surface area contributed by atoms with Crippen molar-refractivity contribution < 1.29 is 8.83 Å². The summed E-state index contributed by atoms with van der Waals surface area (Å²) in [5.74, 6) is 1.41. The number of benzene rings is 15. The number of hydrogen-bond acceptors (Lipinski definition) is 6. The maximum absolute atomic E-state index is 9.90. The lowest BCUT2D eigenvalue weighted by Crippen LogP contribution is -2.09. The third kappa shape index (κ3) is 9.25. The average Bonchev–Trinajstić information content (AvgIpc) is 1.56. The normalized spacial score (nSPS) is 11.9. The molecule has 0 spiro atoms. The molecule has 0 aliphatic carbocycles. The molecule has 6 aromatic heterocycles. The van der Waals surface area contributed by atoms with E-state index in [9.17, 15) is 6.57 Å². The smallest absolute Gasteiger partial charge is 0.213 e. The van der Waals surface area contributed by atoms with Crippen molar-refractivity contribution in [2.75, 3.05) is 0 Å². The lowest BCUT2D eigenvalue weighted by atomic mass is 9.93. The van der Waals surface area contributed by atoms with Crippen LogP contribution in [0, 0.1) is 6.57 Å². The van der Waals surface area contributed by atoms with Gasteiger partial charge < -0.3 is 18.0 Å². The maximum atomic E-state index is 9.90. The fraction of sp³-hybridized carbons (Fsp3) is 0. The number of aromatic nitrogens is 5. The summed E-state index contributed by atoms with van der Waals surface area (Å²) in [5.41, 5.74) is 21.1. The molecule has 0 aliphatic heterocycles. The van der Waals surface area contributed by atoms with Crippen molar-refractivity contribution in [1.82, 2.24) is 24.1 Å². The van der Waals surface area contributed by atoms with Crippen LogP contribution in [-0.2, 0) is 0 Å². The zero-order valence-electron chi connectivity index (χ0n) is 55.1. The van der Waals surface area contributed by atoms with Crippen LogP contribution in [-0.4, -0.2) is 24.1 Å². The van der Waals surface area contributed by atoms with Gasteiger partial charge in [0.15, 0.2) is 17.5 Å². The molecule has 8 nitrogen and oxygen atoms in total. The molecule has 0 amide bonds. The first-order valence-corrected chi connectivity index (χ1v) is 35.3. The van der Waals surface area contributed by atoms with Gasteiger partial charge in [-0.25, -0.2) is 19.8 Å². The van der Waals surface area contributed by atoms with Crippen LogP contribution in [0.2, 0.25) is 0 Å². The molecule has 0 saturated carbocycles. The molecule has 6 heterocycles. The monoisotopic (exact) mass is 1330 g/mol. The fourth-order valence-corrected chi connectivity index (χ4v) is 16.9. The number of rotatable bonds is 10. The van der Waals surface area contributed by atoms with Gasteiger partial charge in [0.05, 0.1) is 50.8 Å². The van der Waals surface area contributed by atoms with Crippen LogP contribution >= 0.6 is 11.3 Å². The fourth-order valence-electron chi connectivity index (χ4n) is 15.8. The first-order valence-electron chi connectivity index (χ1n) is 34.5. The molecule has 0 saturated heterocycles. The van der Waals surface area contributed by atoms with Gasteiger partial charge in [-0.3, -0.25) is 0 Å². The van der Waals surface area contributed by atoms with Crippen LogP contribution in [0.25, 0.3) is 214 Å². The molecule has 0 bridgehead atoms. The summed E-state index contributed by atoms with van der Waals surface area (Å²) >= 11 is 1.78. The maximum Gasteiger partial charge on any atom is 0.213 e. The lowest BCUT2D eigenvalue weighted by Gasteiger charge is -2.25. The van der Waals surface area contributed by atoms with Gasteiger partial charge in [0.25, 0.3) is 0 Å². The van der Waals surface area contributed by atoms with E-state index in [-0.39, 0.29) is 0 Å². The first kappa shape index (κ1) is 58.2. The molecule has 21 rings (SSSR count). The first-order chi connectivity index (χ1) is 51.0. The van der Waals surface area contributed by atoms with Crippen LogP contribution in [0.1, 0.15) is 0 Å². The van der Waals surface area contributed by atoms with Gasteiger partial charge >= 0.3 is 0 Å². The summed E-state index contributed by atoms with van der Waals surface area (Å²) in [6.07, 6.45) is 0. The SMILES string of the molecule is [C-]#[N+]c1cc(-c2nc(-c3ccccc3)nc(-c3ccc4sc5ccccc5c4c3)n2)c(-c2ccccc2)c(-n2c3ccc(-c4ccccc4)cc3c3c4oc5ccc(-c6ccccc6)cc5c4ccc32)c1-n1c2ccc(-c3ccccc3)cc2c2c3oc4ccc(-c5ccccc5)cc4c3ccc21. The van der Waals surface area contributed by atoms with Crippen molar-refractivity contribution in [3.05, 3.63) is 339 Å². The molecule has 0 fully saturated rings. The van der Waals surface area contributed by atoms with E-state index in [1.165, 1.54) is 14.8 Å². The lowest BCUT2D eigenvalue weighted by molar-refractivity contribution is 0.672. The molecule has 0 atom stereocenters. The molecule has 0 N–H and O–H groups in total. The predicted octanol–water partition coefficient (Wildman–Crippen LogP) is 26.1. The highest BCUT2D eigenvalue weighted by Crippen LogP contribution is 2.53. The predicted molar refractivity (Wildman–Crippen MR) is 426 cm³/mol. The van der Waals surface area contributed by atoms with Crippen molar-refractivity contribution in [3.63, 3.8) is 0 Å². The number of furan rings is 2. The van der Waals surface area contributed by atoms with Crippen molar-refractivity contribution in [2.24, 2.45) is 0 Å². The van der Waals surface area contributed by atoms with Gasteiger partial charge in [0, 0.05) is 74.7 Å². The quantitative estimate of drug-likeness (QED) is 0.128. The van der Waals surface area contributed by atoms with Crippen molar-refractivity contribution in [3.8, 4) is 101 Å². The van der Waals surface area contributed by atoms with E-state index in [0.717, 1.165) is 165 Å². The highest BCUT2D eigenvalue weighted by molar-refractivity contribution is 7.25. The zero-order valence-corrected chi connectivity index (χ0v) is 55.9. The standard InChI is InChI=1S/C94H54N6O2S/c1-95-76-55-75(94-97-92(61-32-18-7-19-33-61)96-93(98-94)66-40-49-84-72(54-66)67-34-20-21-35-83(67)103-84)85(60-30-16-6-17-31-60)89(100-78-44-37-63(57-24-10-3-11-25-57)53-74(78)87-80(100)46-42-69-71-51-65(59-28-14-5-15-29-59)39-48-82(71)102-91(69)87)88(76)99-77-43-36-62(56-22-8-2-9-23-56)52-73(77)86-79(99)45-41-68-70-50-64(58-26-12-4-13-27-58)38-47-81(70)101-90(68)86/h2-55H. The van der Waals surface area contributed by atoms with E-state index in [2.05, 4.69) is 300 Å². The average molecular weight is 1330 g/mol. The second-order valence-corrected chi connectivity index (χ2v) is 27.5. The van der Waals surface area contributed by atoms with Crippen LogP contribution < -0.4 is 0 Å². The Hall–Kier alpha value is -13.8. The van der Waals surface area contributed by atoms with Gasteiger partial charge in [-0.1, -0.05) is 224 Å². The van der Waals surface area contributed by atoms with E-state index in [0.29, 0.717) is 34.4 Å². The minimum absolute atomic E-state index is 0.372. The van der Waals surface area contributed by atoms with Crippen molar-refractivity contribution >= 4 is 125 Å². The molecular formula is C94H54N6O2S. The Morgan fingerprint density at radius 1 is 0.282 bits per heavy atom. The molecule has 21 aromatic rings. The summed E-state index contributed by atoms with van der Waals surface area (Å²) in [7, 11) is 0. The number of thiophene rings is 1. The minimum Gasteiger partial charge on any atom is -0.455 e. The zero-order chi connectivity index (χ0) is 67.8. The second kappa shape index (κ2) is 23.2. The summed E-state index contributed by atoms with van der Waals surface area (Å²) in [6.45, 7) is 9.90. The van der Waals surface area contributed by atoms with Gasteiger partial charge in [-0.15, -0.1) is 11.3 Å². The van der Waals surface area contributed by atoms with E-state index in [1.54, 1.807) is 11.3 Å². The molecule has 9 heteroatoms. The topological polar surface area (TPSA) is 79.2 Å². The Balaban J connectivity index is 0.935.